The number of hydrogen-bond donors (Lipinski definition) is 3. The summed E-state index contributed by atoms with van der Waals surface area (Å²) in [6.07, 6.45) is 1.74. The molecule has 1 aromatic carbocycles. The molecule has 1 aromatic rings. The van der Waals surface area contributed by atoms with Crippen molar-refractivity contribution in [3.63, 3.8) is 0 Å². The predicted molar refractivity (Wildman–Crippen MR) is 118 cm³/mol. The lowest BCUT2D eigenvalue weighted by molar-refractivity contribution is 0.127. The zero-order valence-corrected chi connectivity index (χ0v) is 18.5. The lowest BCUT2D eigenvalue weighted by Crippen LogP contribution is -2.45. The molecule has 148 valence electrons. The van der Waals surface area contributed by atoms with Crippen LogP contribution in [-0.2, 0) is 4.74 Å². The molecule has 0 saturated carbocycles. The van der Waals surface area contributed by atoms with Crippen LogP contribution in [0.15, 0.2) is 35.3 Å². The molecular weight excluding hydrogens is 441 g/mol. The first-order chi connectivity index (χ1) is 12.1. The van der Waals surface area contributed by atoms with E-state index < -0.39 is 0 Å². The summed E-state index contributed by atoms with van der Waals surface area (Å²) in [4.78, 5) is 4.36. The summed E-state index contributed by atoms with van der Waals surface area (Å²) in [7, 11) is 1.80. The monoisotopic (exact) mass is 475 g/mol. The quantitative estimate of drug-likeness (QED) is 0.307. The Morgan fingerprint density at radius 2 is 2.00 bits per heavy atom. The van der Waals surface area contributed by atoms with Gasteiger partial charge in [0, 0.05) is 44.7 Å². The van der Waals surface area contributed by atoms with Gasteiger partial charge in [0.2, 0.25) is 0 Å². The molecule has 0 aliphatic carbocycles. The van der Waals surface area contributed by atoms with Crippen molar-refractivity contribution < 1.29 is 9.84 Å². The Hall–Kier alpha value is -0.860. The van der Waals surface area contributed by atoms with Crippen LogP contribution in [0.25, 0.3) is 0 Å². The number of halogens is 1. The molecular formula is C20H34IN3O2. The van der Waals surface area contributed by atoms with Crippen molar-refractivity contribution in [1.82, 2.24) is 10.6 Å². The summed E-state index contributed by atoms with van der Waals surface area (Å²) in [5.74, 6) is 1.78. The SMILES string of the molecule is CN=C(NCC(c1ccccc1)C(C)C)NCC1(CCO)CCOC1.I. The molecule has 0 aromatic heterocycles. The number of ether oxygens (including phenoxy) is 1. The maximum atomic E-state index is 9.35. The fourth-order valence-corrected chi connectivity index (χ4v) is 3.45. The summed E-state index contributed by atoms with van der Waals surface area (Å²) in [5.41, 5.74) is 1.37. The minimum absolute atomic E-state index is 0. The molecule has 0 bridgehead atoms. The van der Waals surface area contributed by atoms with E-state index in [1.165, 1.54) is 5.56 Å². The Kier molecular flexibility index (Phi) is 10.5. The van der Waals surface area contributed by atoms with Gasteiger partial charge in [0.25, 0.3) is 0 Å². The Balaban J connectivity index is 0.00000338. The minimum Gasteiger partial charge on any atom is -0.396 e. The van der Waals surface area contributed by atoms with Gasteiger partial charge in [-0.2, -0.15) is 0 Å². The van der Waals surface area contributed by atoms with E-state index >= 15 is 0 Å². The standard InChI is InChI=1S/C20H33N3O2.HI/c1-16(2)18(17-7-5-4-6-8-17)13-22-19(21-3)23-14-20(9-11-24)10-12-25-15-20;/h4-8,16,18,24H,9-15H2,1-3H3,(H2,21,22,23);1H. The Bertz CT molecular complexity index is 531. The maximum Gasteiger partial charge on any atom is 0.191 e. The second kappa shape index (κ2) is 11.8. The van der Waals surface area contributed by atoms with Crippen molar-refractivity contribution in [3.05, 3.63) is 35.9 Å². The normalized spacial score (nSPS) is 21.3. The number of hydrogen-bond acceptors (Lipinski definition) is 3. The first-order valence-corrected chi connectivity index (χ1v) is 9.28. The molecule has 1 saturated heterocycles. The van der Waals surface area contributed by atoms with Crippen LogP contribution in [0.5, 0.6) is 0 Å². The first-order valence-electron chi connectivity index (χ1n) is 9.28. The van der Waals surface area contributed by atoms with Gasteiger partial charge < -0.3 is 20.5 Å². The highest BCUT2D eigenvalue weighted by atomic mass is 127. The predicted octanol–water partition coefficient (Wildman–Crippen LogP) is 3.00. The van der Waals surface area contributed by atoms with Crippen molar-refractivity contribution in [3.8, 4) is 0 Å². The van der Waals surface area contributed by atoms with E-state index in [4.69, 9.17) is 4.74 Å². The lowest BCUT2D eigenvalue weighted by atomic mass is 9.84. The zero-order chi connectivity index (χ0) is 18.1. The number of nitrogens with zero attached hydrogens (tertiary/aromatic N) is 1. The summed E-state index contributed by atoms with van der Waals surface area (Å²) in [6, 6.07) is 10.6. The van der Waals surface area contributed by atoms with E-state index in [-0.39, 0.29) is 36.0 Å². The summed E-state index contributed by atoms with van der Waals surface area (Å²) < 4.78 is 5.56. The van der Waals surface area contributed by atoms with E-state index in [0.717, 1.165) is 38.5 Å². The second-order valence-electron chi connectivity index (χ2n) is 7.34. The van der Waals surface area contributed by atoms with Crippen LogP contribution in [0.2, 0.25) is 0 Å². The van der Waals surface area contributed by atoms with Gasteiger partial charge >= 0.3 is 0 Å². The number of aliphatic hydroxyl groups excluding tert-OH is 1. The Labute approximate surface area is 175 Å². The van der Waals surface area contributed by atoms with Crippen LogP contribution in [0, 0.1) is 11.3 Å². The van der Waals surface area contributed by atoms with Crippen LogP contribution in [0.3, 0.4) is 0 Å². The average molecular weight is 475 g/mol. The van der Waals surface area contributed by atoms with E-state index in [9.17, 15) is 5.11 Å². The topological polar surface area (TPSA) is 65.9 Å². The average Bonchev–Trinajstić information content (AvgIpc) is 3.07. The van der Waals surface area contributed by atoms with Crippen molar-refractivity contribution in [2.24, 2.45) is 16.3 Å². The van der Waals surface area contributed by atoms with Gasteiger partial charge in [-0.25, -0.2) is 0 Å². The zero-order valence-electron chi connectivity index (χ0n) is 16.2. The van der Waals surface area contributed by atoms with Crippen molar-refractivity contribution in [1.29, 1.82) is 0 Å². The number of benzene rings is 1. The Morgan fingerprint density at radius 1 is 1.27 bits per heavy atom. The van der Waals surface area contributed by atoms with Crippen LogP contribution in [0.1, 0.15) is 38.2 Å². The smallest absolute Gasteiger partial charge is 0.191 e. The van der Waals surface area contributed by atoms with Gasteiger partial charge in [-0.3, -0.25) is 4.99 Å². The van der Waals surface area contributed by atoms with E-state index in [2.05, 4.69) is 59.8 Å². The van der Waals surface area contributed by atoms with Crippen molar-refractivity contribution in [2.45, 2.75) is 32.6 Å². The van der Waals surface area contributed by atoms with E-state index in [1.807, 2.05) is 0 Å². The van der Waals surface area contributed by atoms with Crippen molar-refractivity contribution >= 4 is 29.9 Å². The third-order valence-electron chi connectivity index (χ3n) is 5.20. The molecule has 1 fully saturated rings. The molecule has 26 heavy (non-hydrogen) atoms. The molecule has 0 radical (unpaired) electrons. The van der Waals surface area contributed by atoms with E-state index in [1.54, 1.807) is 7.05 Å². The van der Waals surface area contributed by atoms with Gasteiger partial charge in [-0.15, -0.1) is 24.0 Å². The highest BCUT2D eigenvalue weighted by molar-refractivity contribution is 14.0. The minimum atomic E-state index is 0. The molecule has 1 aliphatic rings. The second-order valence-corrected chi connectivity index (χ2v) is 7.34. The summed E-state index contributed by atoms with van der Waals surface area (Å²) >= 11 is 0. The van der Waals surface area contributed by atoms with Crippen LogP contribution >= 0.6 is 24.0 Å². The van der Waals surface area contributed by atoms with Crippen molar-refractivity contribution in [2.75, 3.05) is 40.0 Å². The maximum absolute atomic E-state index is 9.35. The molecule has 0 spiro atoms. The molecule has 2 atom stereocenters. The number of rotatable bonds is 8. The van der Waals surface area contributed by atoms with Gasteiger partial charge in [0.05, 0.1) is 6.61 Å². The fourth-order valence-electron chi connectivity index (χ4n) is 3.45. The number of aliphatic hydroxyl groups is 1. The molecule has 2 unspecified atom stereocenters. The van der Waals surface area contributed by atoms with Crippen LogP contribution in [-0.4, -0.2) is 51.0 Å². The molecule has 3 N–H and O–H groups in total. The number of nitrogens with one attached hydrogen (secondary N) is 2. The molecule has 2 rings (SSSR count). The first kappa shape index (κ1) is 23.2. The van der Waals surface area contributed by atoms with Gasteiger partial charge in [-0.05, 0) is 24.3 Å². The molecule has 1 aliphatic heterocycles. The highest BCUT2D eigenvalue weighted by Gasteiger charge is 2.34. The Morgan fingerprint density at radius 3 is 2.54 bits per heavy atom. The summed E-state index contributed by atoms with van der Waals surface area (Å²) in [5, 5.41) is 16.2. The fraction of sp³-hybridized carbons (Fsp3) is 0.650. The van der Waals surface area contributed by atoms with E-state index in [0.29, 0.717) is 18.4 Å². The largest absolute Gasteiger partial charge is 0.396 e. The van der Waals surface area contributed by atoms with Gasteiger partial charge in [-0.1, -0.05) is 44.2 Å². The number of aliphatic imine (C=N–C) groups is 1. The number of guanidine groups is 1. The summed E-state index contributed by atoms with van der Waals surface area (Å²) in [6.45, 7) is 7.78. The highest BCUT2D eigenvalue weighted by Crippen LogP contribution is 2.31. The molecule has 5 nitrogen and oxygen atoms in total. The van der Waals surface area contributed by atoms with Crippen LogP contribution in [0.4, 0.5) is 0 Å². The third kappa shape index (κ3) is 6.70. The van der Waals surface area contributed by atoms with Gasteiger partial charge in [0.15, 0.2) is 5.96 Å². The lowest BCUT2D eigenvalue weighted by Gasteiger charge is -2.28. The third-order valence-corrected chi connectivity index (χ3v) is 5.20. The van der Waals surface area contributed by atoms with Gasteiger partial charge in [0.1, 0.15) is 0 Å². The van der Waals surface area contributed by atoms with Crippen LogP contribution < -0.4 is 10.6 Å². The molecule has 0 amide bonds. The molecule has 1 heterocycles. The molecule has 6 heteroatoms.